The Balaban J connectivity index is 2.29. The molecule has 1 saturated heterocycles. The van der Waals surface area contributed by atoms with Crippen molar-refractivity contribution in [3.05, 3.63) is 24.3 Å². The zero-order valence-corrected chi connectivity index (χ0v) is 13.5. The highest BCUT2D eigenvalue weighted by atomic mass is 32.2. The van der Waals surface area contributed by atoms with Crippen LogP contribution < -0.4 is 10.0 Å². The predicted octanol–water partition coefficient (Wildman–Crippen LogP) is -0.423. The second-order valence-electron chi connectivity index (χ2n) is 4.90. The summed E-state index contributed by atoms with van der Waals surface area (Å²) in [5.74, 6) is 0. The molecule has 0 amide bonds. The number of nitrogens with zero attached hydrogens (tertiary/aromatic N) is 1. The molecule has 1 aliphatic heterocycles. The summed E-state index contributed by atoms with van der Waals surface area (Å²) < 4.78 is 51.8. The van der Waals surface area contributed by atoms with Crippen LogP contribution in [0.2, 0.25) is 0 Å². The molecule has 0 aliphatic carbocycles. The molecule has 1 heterocycles. The SMILES string of the molecule is CNS(=O)(=O)c1ccc(S(=O)(=O)N2CCN[C@@H](C)C2)cc1. The molecule has 0 radical (unpaired) electrons. The summed E-state index contributed by atoms with van der Waals surface area (Å²) in [6.45, 7) is 3.33. The molecule has 1 aliphatic rings. The van der Waals surface area contributed by atoms with Crippen molar-refractivity contribution < 1.29 is 16.8 Å². The fraction of sp³-hybridized carbons (Fsp3) is 0.500. The van der Waals surface area contributed by atoms with Crippen molar-refractivity contribution in [3.8, 4) is 0 Å². The number of hydrogen-bond donors (Lipinski definition) is 2. The van der Waals surface area contributed by atoms with Crippen molar-refractivity contribution in [1.82, 2.24) is 14.3 Å². The van der Waals surface area contributed by atoms with E-state index in [0.717, 1.165) is 0 Å². The molecule has 0 unspecified atom stereocenters. The lowest BCUT2D eigenvalue weighted by Gasteiger charge is -2.31. The Morgan fingerprint density at radius 2 is 1.71 bits per heavy atom. The smallest absolute Gasteiger partial charge is 0.243 e. The summed E-state index contributed by atoms with van der Waals surface area (Å²) in [5.41, 5.74) is 0. The van der Waals surface area contributed by atoms with Crippen LogP contribution in [0.25, 0.3) is 0 Å². The normalized spacial score (nSPS) is 21.3. The van der Waals surface area contributed by atoms with Crippen LogP contribution in [0.15, 0.2) is 34.1 Å². The van der Waals surface area contributed by atoms with Crippen molar-refractivity contribution in [2.75, 3.05) is 26.7 Å². The molecule has 9 heteroatoms. The summed E-state index contributed by atoms with van der Waals surface area (Å²) in [4.78, 5) is 0.143. The molecule has 0 saturated carbocycles. The van der Waals surface area contributed by atoms with Crippen molar-refractivity contribution in [1.29, 1.82) is 0 Å². The molecule has 1 aromatic rings. The van der Waals surface area contributed by atoms with Gasteiger partial charge in [-0.1, -0.05) is 0 Å². The zero-order valence-electron chi connectivity index (χ0n) is 11.9. The van der Waals surface area contributed by atoms with Crippen LogP contribution in [0.5, 0.6) is 0 Å². The summed E-state index contributed by atoms with van der Waals surface area (Å²) in [6.07, 6.45) is 0. The quantitative estimate of drug-likeness (QED) is 0.780. The van der Waals surface area contributed by atoms with Crippen LogP contribution in [-0.2, 0) is 20.0 Å². The Labute approximate surface area is 125 Å². The van der Waals surface area contributed by atoms with Gasteiger partial charge in [0.15, 0.2) is 0 Å². The first kappa shape index (κ1) is 16.4. The fourth-order valence-corrected chi connectivity index (χ4v) is 4.43. The third kappa shape index (κ3) is 3.43. The maximum absolute atomic E-state index is 12.5. The predicted molar refractivity (Wildman–Crippen MR) is 78.9 cm³/mol. The first-order valence-corrected chi connectivity index (χ1v) is 9.47. The van der Waals surface area contributed by atoms with Gasteiger partial charge in [-0.25, -0.2) is 21.6 Å². The molecule has 21 heavy (non-hydrogen) atoms. The molecule has 1 aromatic carbocycles. The van der Waals surface area contributed by atoms with E-state index in [-0.39, 0.29) is 15.8 Å². The fourth-order valence-electron chi connectivity index (χ4n) is 2.17. The van der Waals surface area contributed by atoms with Gasteiger partial charge in [-0.2, -0.15) is 4.31 Å². The minimum atomic E-state index is -3.59. The summed E-state index contributed by atoms with van der Waals surface area (Å²) >= 11 is 0. The number of sulfonamides is 2. The first-order chi connectivity index (χ1) is 9.77. The Hall–Kier alpha value is -1.00. The maximum atomic E-state index is 12.5. The largest absolute Gasteiger partial charge is 0.312 e. The number of nitrogens with one attached hydrogen (secondary N) is 2. The van der Waals surface area contributed by atoms with Gasteiger partial charge in [-0.3, -0.25) is 0 Å². The lowest BCUT2D eigenvalue weighted by Crippen LogP contribution is -2.51. The molecule has 1 atom stereocenters. The minimum absolute atomic E-state index is 0.0395. The van der Waals surface area contributed by atoms with Crippen LogP contribution in [0.1, 0.15) is 6.92 Å². The number of benzene rings is 1. The Bertz CT molecular complexity index is 699. The Morgan fingerprint density at radius 1 is 1.14 bits per heavy atom. The molecule has 1 fully saturated rings. The standard InChI is InChI=1S/C12H19N3O4S2/c1-10-9-15(8-7-14-10)21(18,19)12-5-3-11(4-6-12)20(16,17)13-2/h3-6,10,13-14H,7-9H2,1-2H3/t10-/m0/s1. The van der Waals surface area contributed by atoms with Gasteiger partial charge < -0.3 is 5.32 Å². The van der Waals surface area contributed by atoms with Gasteiger partial charge in [0.1, 0.15) is 0 Å². The highest BCUT2D eigenvalue weighted by Gasteiger charge is 2.28. The molecule has 118 valence electrons. The van der Waals surface area contributed by atoms with E-state index < -0.39 is 20.0 Å². The van der Waals surface area contributed by atoms with E-state index in [4.69, 9.17) is 0 Å². The molecular weight excluding hydrogens is 314 g/mol. The average molecular weight is 333 g/mol. The van der Waals surface area contributed by atoms with Gasteiger partial charge in [-0.05, 0) is 38.2 Å². The highest BCUT2D eigenvalue weighted by molar-refractivity contribution is 7.89. The highest BCUT2D eigenvalue weighted by Crippen LogP contribution is 2.19. The van der Waals surface area contributed by atoms with E-state index in [0.29, 0.717) is 19.6 Å². The summed E-state index contributed by atoms with van der Waals surface area (Å²) in [6, 6.07) is 5.34. The molecule has 2 N–H and O–H groups in total. The van der Waals surface area contributed by atoms with Gasteiger partial charge in [0.05, 0.1) is 9.79 Å². The van der Waals surface area contributed by atoms with Crippen LogP contribution in [0.4, 0.5) is 0 Å². The van der Waals surface area contributed by atoms with E-state index in [1.165, 1.54) is 35.6 Å². The molecule has 0 spiro atoms. The second-order valence-corrected chi connectivity index (χ2v) is 8.72. The average Bonchev–Trinajstić information content (AvgIpc) is 2.47. The minimum Gasteiger partial charge on any atom is -0.312 e. The number of piperazine rings is 1. The van der Waals surface area contributed by atoms with Crippen LogP contribution in [0.3, 0.4) is 0 Å². The van der Waals surface area contributed by atoms with Gasteiger partial charge in [0.25, 0.3) is 0 Å². The molecule has 0 aromatic heterocycles. The molecule has 7 nitrogen and oxygen atoms in total. The van der Waals surface area contributed by atoms with E-state index in [2.05, 4.69) is 10.0 Å². The summed E-state index contributed by atoms with van der Waals surface area (Å²) in [5, 5.41) is 3.18. The lowest BCUT2D eigenvalue weighted by atomic mass is 10.3. The molecule has 2 rings (SSSR count). The van der Waals surface area contributed by atoms with E-state index >= 15 is 0 Å². The van der Waals surface area contributed by atoms with Gasteiger partial charge in [-0.15, -0.1) is 0 Å². The third-order valence-electron chi connectivity index (χ3n) is 3.37. The molecule has 0 bridgehead atoms. The van der Waals surface area contributed by atoms with E-state index in [1.54, 1.807) is 0 Å². The van der Waals surface area contributed by atoms with Crippen LogP contribution in [-0.4, -0.2) is 53.9 Å². The van der Waals surface area contributed by atoms with Crippen LogP contribution >= 0.6 is 0 Å². The molecular formula is C12H19N3O4S2. The number of rotatable bonds is 4. The monoisotopic (exact) mass is 333 g/mol. The zero-order chi connectivity index (χ0) is 15.7. The van der Waals surface area contributed by atoms with E-state index in [1.807, 2.05) is 6.92 Å². The van der Waals surface area contributed by atoms with Crippen molar-refractivity contribution in [2.45, 2.75) is 22.8 Å². The van der Waals surface area contributed by atoms with E-state index in [9.17, 15) is 16.8 Å². The number of hydrogen-bond acceptors (Lipinski definition) is 5. The second kappa shape index (κ2) is 6.01. The third-order valence-corrected chi connectivity index (χ3v) is 6.68. The van der Waals surface area contributed by atoms with Crippen molar-refractivity contribution >= 4 is 20.0 Å². The topological polar surface area (TPSA) is 95.6 Å². The lowest BCUT2D eigenvalue weighted by molar-refractivity contribution is 0.310. The van der Waals surface area contributed by atoms with Gasteiger partial charge >= 0.3 is 0 Å². The van der Waals surface area contributed by atoms with Crippen molar-refractivity contribution in [2.24, 2.45) is 0 Å². The Kier molecular flexibility index (Phi) is 4.69. The van der Waals surface area contributed by atoms with Crippen molar-refractivity contribution in [3.63, 3.8) is 0 Å². The van der Waals surface area contributed by atoms with Crippen LogP contribution in [0, 0.1) is 0 Å². The van der Waals surface area contributed by atoms with Gasteiger partial charge in [0, 0.05) is 25.7 Å². The van der Waals surface area contributed by atoms with Gasteiger partial charge in [0.2, 0.25) is 20.0 Å². The Morgan fingerprint density at radius 3 is 2.24 bits per heavy atom. The first-order valence-electron chi connectivity index (χ1n) is 6.54. The summed E-state index contributed by atoms with van der Waals surface area (Å²) in [7, 11) is -5.84. The maximum Gasteiger partial charge on any atom is 0.243 e.